The Balaban J connectivity index is 1.75. The van der Waals surface area contributed by atoms with Crippen LogP contribution in [0.2, 0.25) is 0 Å². The van der Waals surface area contributed by atoms with Gasteiger partial charge in [0.25, 0.3) is 0 Å². The highest BCUT2D eigenvalue weighted by atomic mass is 32.2. The van der Waals surface area contributed by atoms with E-state index in [1.807, 2.05) is 17.0 Å². The van der Waals surface area contributed by atoms with E-state index in [2.05, 4.69) is 4.98 Å². The molecule has 1 unspecified atom stereocenters. The van der Waals surface area contributed by atoms with Crippen molar-refractivity contribution < 1.29 is 13.2 Å². The molecule has 1 spiro atoms. The Bertz CT molecular complexity index is 662. The Morgan fingerprint density at radius 1 is 1.23 bits per heavy atom. The van der Waals surface area contributed by atoms with Gasteiger partial charge in [0.1, 0.15) is 0 Å². The van der Waals surface area contributed by atoms with Crippen LogP contribution in [0.15, 0.2) is 24.5 Å². The van der Waals surface area contributed by atoms with E-state index in [1.54, 1.807) is 12.4 Å². The number of piperidine rings is 1. The first-order valence-electron chi connectivity index (χ1n) is 7.54. The summed E-state index contributed by atoms with van der Waals surface area (Å²) in [6.45, 7) is 2.12. The molecule has 0 radical (unpaired) electrons. The summed E-state index contributed by atoms with van der Waals surface area (Å²) in [5, 5.41) is 0. The molecule has 0 aliphatic carbocycles. The van der Waals surface area contributed by atoms with Crippen LogP contribution < -0.4 is 0 Å². The smallest absolute Gasteiger partial charge is 0.230 e. The Morgan fingerprint density at radius 3 is 2.64 bits per heavy atom. The zero-order valence-electron chi connectivity index (χ0n) is 12.7. The SMILES string of the molecule is CS(=O)(=O)N1CCCC2(CCN(Cc3ccncc3)C2=O)C1. The summed E-state index contributed by atoms with van der Waals surface area (Å²) in [4.78, 5) is 18.7. The number of sulfonamides is 1. The normalized spacial score (nSPS) is 26.8. The van der Waals surface area contributed by atoms with Crippen LogP contribution in [-0.4, -0.2) is 54.4 Å². The molecule has 1 aromatic heterocycles. The lowest BCUT2D eigenvalue weighted by molar-refractivity contribution is -0.138. The number of hydrogen-bond acceptors (Lipinski definition) is 4. The van der Waals surface area contributed by atoms with Crippen molar-refractivity contribution in [1.82, 2.24) is 14.2 Å². The summed E-state index contributed by atoms with van der Waals surface area (Å²) in [6, 6.07) is 3.81. The van der Waals surface area contributed by atoms with Crippen LogP contribution in [0.3, 0.4) is 0 Å². The Hall–Kier alpha value is -1.47. The molecule has 1 aromatic rings. The summed E-state index contributed by atoms with van der Waals surface area (Å²) in [5.41, 5.74) is 0.533. The molecule has 3 rings (SSSR count). The van der Waals surface area contributed by atoms with Crippen LogP contribution in [-0.2, 0) is 21.4 Å². The lowest BCUT2D eigenvalue weighted by atomic mass is 9.79. The predicted octanol–water partition coefficient (Wildman–Crippen LogP) is 0.856. The summed E-state index contributed by atoms with van der Waals surface area (Å²) in [7, 11) is -3.23. The average Bonchev–Trinajstić information content (AvgIpc) is 2.77. The van der Waals surface area contributed by atoms with Crippen molar-refractivity contribution in [2.24, 2.45) is 5.41 Å². The van der Waals surface area contributed by atoms with E-state index in [9.17, 15) is 13.2 Å². The molecule has 0 aromatic carbocycles. The summed E-state index contributed by atoms with van der Waals surface area (Å²) in [6.07, 6.45) is 6.94. The number of likely N-dealkylation sites (tertiary alicyclic amines) is 1. The Labute approximate surface area is 131 Å². The molecule has 0 bridgehead atoms. The van der Waals surface area contributed by atoms with Crippen LogP contribution in [0.25, 0.3) is 0 Å². The van der Waals surface area contributed by atoms with Crippen LogP contribution in [0.5, 0.6) is 0 Å². The monoisotopic (exact) mass is 323 g/mol. The third-order valence-corrected chi connectivity index (χ3v) is 5.98. The van der Waals surface area contributed by atoms with Crippen molar-refractivity contribution in [3.8, 4) is 0 Å². The van der Waals surface area contributed by atoms with E-state index in [0.717, 1.165) is 24.8 Å². The van der Waals surface area contributed by atoms with Gasteiger partial charge < -0.3 is 4.90 Å². The molecule has 7 heteroatoms. The van der Waals surface area contributed by atoms with Gasteiger partial charge in [0.05, 0.1) is 11.7 Å². The topological polar surface area (TPSA) is 70.6 Å². The molecule has 2 aliphatic rings. The molecule has 0 N–H and O–H groups in total. The van der Waals surface area contributed by atoms with E-state index in [4.69, 9.17) is 0 Å². The first kappa shape index (κ1) is 15.4. The van der Waals surface area contributed by atoms with E-state index >= 15 is 0 Å². The van der Waals surface area contributed by atoms with Crippen molar-refractivity contribution in [3.05, 3.63) is 30.1 Å². The molecule has 6 nitrogen and oxygen atoms in total. The zero-order valence-corrected chi connectivity index (χ0v) is 13.6. The number of aromatic nitrogens is 1. The van der Waals surface area contributed by atoms with Gasteiger partial charge in [-0.15, -0.1) is 0 Å². The average molecular weight is 323 g/mol. The highest BCUT2D eigenvalue weighted by Crippen LogP contribution is 2.41. The van der Waals surface area contributed by atoms with Gasteiger partial charge in [-0.3, -0.25) is 9.78 Å². The Kier molecular flexibility index (Phi) is 3.94. The third-order valence-electron chi connectivity index (χ3n) is 4.73. The third kappa shape index (κ3) is 2.87. The molecule has 120 valence electrons. The predicted molar refractivity (Wildman–Crippen MR) is 82.4 cm³/mol. The fourth-order valence-corrected chi connectivity index (χ4v) is 4.45. The second-order valence-electron chi connectivity index (χ2n) is 6.31. The number of hydrogen-bond donors (Lipinski definition) is 0. The number of carbonyl (C=O) groups is 1. The first-order chi connectivity index (χ1) is 10.4. The van der Waals surface area contributed by atoms with Crippen molar-refractivity contribution >= 4 is 15.9 Å². The summed E-state index contributed by atoms with van der Waals surface area (Å²) < 4.78 is 25.1. The highest BCUT2D eigenvalue weighted by molar-refractivity contribution is 7.88. The van der Waals surface area contributed by atoms with Gasteiger partial charge in [-0.2, -0.15) is 0 Å². The molecule has 2 fully saturated rings. The maximum Gasteiger partial charge on any atom is 0.230 e. The van der Waals surface area contributed by atoms with Gasteiger partial charge >= 0.3 is 0 Å². The standard InChI is InChI=1S/C15H21N3O3S/c1-22(20,21)18-9-2-5-15(12-18)6-10-17(14(15)19)11-13-3-7-16-8-4-13/h3-4,7-8H,2,5-6,9-12H2,1H3. The summed E-state index contributed by atoms with van der Waals surface area (Å²) in [5.74, 6) is 0.0951. The van der Waals surface area contributed by atoms with E-state index in [0.29, 0.717) is 26.2 Å². The van der Waals surface area contributed by atoms with Gasteiger partial charge in [-0.25, -0.2) is 12.7 Å². The fraction of sp³-hybridized carbons (Fsp3) is 0.600. The highest BCUT2D eigenvalue weighted by Gasteiger charge is 2.49. The second kappa shape index (κ2) is 5.62. The Morgan fingerprint density at radius 2 is 1.95 bits per heavy atom. The zero-order chi connectivity index (χ0) is 15.8. The van der Waals surface area contributed by atoms with Gasteiger partial charge in [0, 0.05) is 38.6 Å². The van der Waals surface area contributed by atoms with Crippen LogP contribution in [0.4, 0.5) is 0 Å². The van der Waals surface area contributed by atoms with E-state index in [1.165, 1.54) is 10.6 Å². The minimum absolute atomic E-state index is 0.0951. The van der Waals surface area contributed by atoms with Gasteiger partial charge in [-0.1, -0.05) is 0 Å². The van der Waals surface area contributed by atoms with Gasteiger partial charge in [-0.05, 0) is 37.0 Å². The lowest BCUT2D eigenvalue weighted by Crippen LogP contribution is -2.49. The maximum atomic E-state index is 12.8. The van der Waals surface area contributed by atoms with Gasteiger partial charge in [0.2, 0.25) is 15.9 Å². The van der Waals surface area contributed by atoms with E-state index < -0.39 is 15.4 Å². The van der Waals surface area contributed by atoms with Crippen LogP contribution in [0, 0.1) is 5.41 Å². The number of carbonyl (C=O) groups excluding carboxylic acids is 1. The molecule has 1 atom stereocenters. The second-order valence-corrected chi connectivity index (χ2v) is 8.30. The summed E-state index contributed by atoms with van der Waals surface area (Å²) >= 11 is 0. The molecular weight excluding hydrogens is 302 g/mol. The quantitative estimate of drug-likeness (QED) is 0.827. The van der Waals surface area contributed by atoms with Crippen LogP contribution >= 0.6 is 0 Å². The number of amides is 1. The van der Waals surface area contributed by atoms with Crippen molar-refractivity contribution in [2.75, 3.05) is 25.9 Å². The van der Waals surface area contributed by atoms with Gasteiger partial charge in [0.15, 0.2) is 0 Å². The first-order valence-corrected chi connectivity index (χ1v) is 9.39. The lowest BCUT2D eigenvalue weighted by Gasteiger charge is -2.37. The minimum Gasteiger partial charge on any atom is -0.338 e. The minimum atomic E-state index is -3.23. The molecule has 2 aliphatic heterocycles. The van der Waals surface area contributed by atoms with Crippen molar-refractivity contribution in [3.63, 3.8) is 0 Å². The largest absolute Gasteiger partial charge is 0.338 e. The molecular formula is C15H21N3O3S. The van der Waals surface area contributed by atoms with E-state index in [-0.39, 0.29) is 5.91 Å². The molecule has 2 saturated heterocycles. The molecule has 22 heavy (non-hydrogen) atoms. The molecule has 3 heterocycles. The number of nitrogens with zero attached hydrogens (tertiary/aromatic N) is 3. The van der Waals surface area contributed by atoms with Crippen molar-refractivity contribution in [1.29, 1.82) is 0 Å². The molecule has 0 saturated carbocycles. The number of pyridine rings is 1. The molecule has 1 amide bonds. The van der Waals surface area contributed by atoms with Crippen LogP contribution in [0.1, 0.15) is 24.8 Å². The van der Waals surface area contributed by atoms with Crippen molar-refractivity contribution in [2.45, 2.75) is 25.8 Å². The maximum absolute atomic E-state index is 12.8. The number of rotatable bonds is 3. The fourth-order valence-electron chi connectivity index (χ4n) is 3.50.